The van der Waals surface area contributed by atoms with Gasteiger partial charge in [0.1, 0.15) is 0 Å². The maximum atomic E-state index is 12.6. The van der Waals surface area contributed by atoms with Crippen molar-refractivity contribution >= 4 is 5.91 Å². The molecule has 4 nitrogen and oxygen atoms in total. The van der Waals surface area contributed by atoms with Crippen LogP contribution in [-0.4, -0.2) is 59.1 Å². The van der Waals surface area contributed by atoms with Gasteiger partial charge < -0.3 is 10.0 Å². The summed E-state index contributed by atoms with van der Waals surface area (Å²) in [4.78, 5) is 16.9. The normalized spacial score (nSPS) is 34.8. The smallest absolute Gasteiger partial charge is 0.226 e. The van der Waals surface area contributed by atoms with Crippen LogP contribution in [0.25, 0.3) is 0 Å². The van der Waals surface area contributed by atoms with E-state index in [1.54, 1.807) is 0 Å². The van der Waals surface area contributed by atoms with Gasteiger partial charge in [0.15, 0.2) is 0 Å². The van der Waals surface area contributed by atoms with Gasteiger partial charge in [-0.1, -0.05) is 12.8 Å². The van der Waals surface area contributed by atoms with E-state index in [0.717, 1.165) is 26.2 Å². The van der Waals surface area contributed by atoms with Crippen LogP contribution in [0.4, 0.5) is 0 Å². The molecule has 3 rings (SSSR count). The minimum Gasteiger partial charge on any atom is -0.389 e. The van der Waals surface area contributed by atoms with Gasteiger partial charge in [0.2, 0.25) is 5.91 Å². The van der Waals surface area contributed by atoms with Crippen LogP contribution in [0.1, 0.15) is 39.5 Å². The molecule has 1 amide bonds. The molecule has 1 saturated heterocycles. The quantitative estimate of drug-likeness (QED) is 0.848. The lowest BCUT2D eigenvalue weighted by Crippen LogP contribution is -2.52. The number of hydrogen-bond acceptors (Lipinski definition) is 3. The Morgan fingerprint density at radius 3 is 2.15 bits per heavy atom. The first kappa shape index (κ1) is 14.3. The van der Waals surface area contributed by atoms with Gasteiger partial charge in [0.05, 0.1) is 5.60 Å². The van der Waals surface area contributed by atoms with Crippen LogP contribution in [0.5, 0.6) is 0 Å². The maximum Gasteiger partial charge on any atom is 0.226 e. The molecule has 114 valence electrons. The Labute approximate surface area is 122 Å². The summed E-state index contributed by atoms with van der Waals surface area (Å²) in [6.45, 7) is 7.87. The van der Waals surface area contributed by atoms with Crippen molar-refractivity contribution in [1.29, 1.82) is 0 Å². The van der Waals surface area contributed by atoms with Crippen LogP contribution >= 0.6 is 0 Å². The van der Waals surface area contributed by atoms with Crippen LogP contribution < -0.4 is 0 Å². The van der Waals surface area contributed by atoms with Crippen LogP contribution in [0.3, 0.4) is 0 Å². The number of carbonyl (C=O) groups is 1. The van der Waals surface area contributed by atoms with E-state index < -0.39 is 5.60 Å². The zero-order valence-corrected chi connectivity index (χ0v) is 12.8. The van der Waals surface area contributed by atoms with E-state index >= 15 is 0 Å². The monoisotopic (exact) mass is 280 g/mol. The Bertz CT molecular complexity index is 357. The summed E-state index contributed by atoms with van der Waals surface area (Å²) in [5.74, 6) is 2.21. The topological polar surface area (TPSA) is 43.8 Å². The largest absolute Gasteiger partial charge is 0.389 e. The highest BCUT2D eigenvalue weighted by Gasteiger charge is 2.55. The first-order valence-electron chi connectivity index (χ1n) is 8.19. The standard InChI is InChI=1S/C16H28N2O2/c1-16(2,20)11-17-7-9-18(10-8-17)15(19)14-12-5-3-4-6-13(12)14/h12-14,20H,3-11H2,1-2H3. The average molecular weight is 280 g/mol. The van der Waals surface area contributed by atoms with E-state index in [-0.39, 0.29) is 0 Å². The van der Waals surface area contributed by atoms with Crippen LogP contribution in [0, 0.1) is 17.8 Å². The van der Waals surface area contributed by atoms with E-state index in [9.17, 15) is 9.90 Å². The molecular formula is C16H28N2O2. The zero-order chi connectivity index (χ0) is 14.3. The Morgan fingerprint density at radius 1 is 1.10 bits per heavy atom. The SMILES string of the molecule is CC(C)(O)CN1CCN(C(=O)C2C3CCCCC32)CC1. The van der Waals surface area contributed by atoms with Crippen molar-refractivity contribution in [2.24, 2.45) is 17.8 Å². The third kappa shape index (κ3) is 3.01. The van der Waals surface area contributed by atoms with Crippen molar-refractivity contribution in [1.82, 2.24) is 9.80 Å². The van der Waals surface area contributed by atoms with Crippen molar-refractivity contribution in [3.05, 3.63) is 0 Å². The molecule has 3 fully saturated rings. The van der Waals surface area contributed by atoms with Gasteiger partial charge in [-0.25, -0.2) is 0 Å². The van der Waals surface area contributed by atoms with Gasteiger partial charge in [0.25, 0.3) is 0 Å². The predicted octanol–water partition coefficient (Wildman–Crippen LogP) is 1.34. The van der Waals surface area contributed by atoms with Gasteiger partial charge in [-0.15, -0.1) is 0 Å². The Kier molecular flexibility index (Phi) is 3.80. The van der Waals surface area contributed by atoms with E-state index in [1.807, 2.05) is 13.8 Å². The summed E-state index contributed by atoms with van der Waals surface area (Å²) in [7, 11) is 0. The molecule has 0 bridgehead atoms. The molecule has 2 atom stereocenters. The molecule has 0 radical (unpaired) electrons. The van der Waals surface area contributed by atoms with E-state index in [1.165, 1.54) is 25.7 Å². The highest BCUT2D eigenvalue weighted by atomic mass is 16.3. The van der Waals surface area contributed by atoms with Crippen molar-refractivity contribution in [2.45, 2.75) is 45.1 Å². The lowest BCUT2D eigenvalue weighted by atomic mass is 10.0. The highest BCUT2D eigenvalue weighted by molar-refractivity contribution is 5.82. The number of hydrogen-bond donors (Lipinski definition) is 1. The van der Waals surface area contributed by atoms with Gasteiger partial charge in [-0.05, 0) is 38.5 Å². The molecule has 1 heterocycles. The molecule has 0 aromatic rings. The van der Waals surface area contributed by atoms with Crippen LogP contribution in [0.15, 0.2) is 0 Å². The molecule has 2 aliphatic carbocycles. The zero-order valence-electron chi connectivity index (χ0n) is 12.8. The number of carbonyl (C=O) groups excluding carboxylic acids is 1. The second-order valence-corrected chi connectivity index (χ2v) is 7.55. The molecule has 0 aromatic heterocycles. The molecule has 0 spiro atoms. The number of aliphatic hydroxyl groups is 1. The Morgan fingerprint density at radius 2 is 1.65 bits per heavy atom. The number of amides is 1. The van der Waals surface area contributed by atoms with Crippen molar-refractivity contribution in [2.75, 3.05) is 32.7 Å². The number of rotatable bonds is 3. The van der Waals surface area contributed by atoms with Crippen molar-refractivity contribution in [3.63, 3.8) is 0 Å². The molecule has 20 heavy (non-hydrogen) atoms. The third-order valence-electron chi connectivity index (χ3n) is 5.24. The minimum absolute atomic E-state index is 0.360. The summed E-state index contributed by atoms with van der Waals surface area (Å²) in [5, 5.41) is 9.86. The van der Waals surface area contributed by atoms with E-state index in [2.05, 4.69) is 9.80 Å². The lowest BCUT2D eigenvalue weighted by Gasteiger charge is -2.37. The second-order valence-electron chi connectivity index (χ2n) is 7.55. The molecular weight excluding hydrogens is 252 g/mol. The molecule has 2 saturated carbocycles. The first-order valence-corrected chi connectivity index (χ1v) is 8.19. The molecule has 0 aromatic carbocycles. The highest BCUT2D eigenvalue weighted by Crippen LogP contribution is 2.56. The maximum absolute atomic E-state index is 12.6. The lowest BCUT2D eigenvalue weighted by molar-refractivity contribution is -0.135. The predicted molar refractivity (Wildman–Crippen MR) is 78.3 cm³/mol. The first-order chi connectivity index (χ1) is 9.46. The molecule has 2 unspecified atom stereocenters. The van der Waals surface area contributed by atoms with Crippen LogP contribution in [-0.2, 0) is 4.79 Å². The molecule has 3 aliphatic rings. The second kappa shape index (κ2) is 5.30. The molecule has 1 N–H and O–H groups in total. The average Bonchev–Trinajstić information content (AvgIpc) is 3.11. The summed E-state index contributed by atoms with van der Waals surface area (Å²) in [6, 6.07) is 0. The fourth-order valence-corrected chi connectivity index (χ4v) is 4.24. The van der Waals surface area contributed by atoms with Crippen molar-refractivity contribution in [3.8, 4) is 0 Å². The van der Waals surface area contributed by atoms with Gasteiger partial charge in [-0.3, -0.25) is 9.69 Å². The van der Waals surface area contributed by atoms with Gasteiger partial charge in [-0.2, -0.15) is 0 Å². The van der Waals surface area contributed by atoms with E-state index in [4.69, 9.17) is 0 Å². The van der Waals surface area contributed by atoms with Crippen LogP contribution in [0.2, 0.25) is 0 Å². The summed E-state index contributed by atoms with van der Waals surface area (Å²) < 4.78 is 0. The molecule has 1 aliphatic heterocycles. The fraction of sp³-hybridized carbons (Fsp3) is 0.938. The van der Waals surface area contributed by atoms with E-state index in [0.29, 0.717) is 30.2 Å². The summed E-state index contributed by atoms with van der Waals surface area (Å²) in [6.07, 6.45) is 5.20. The number of nitrogens with zero attached hydrogens (tertiary/aromatic N) is 2. The third-order valence-corrected chi connectivity index (χ3v) is 5.24. The minimum atomic E-state index is -0.641. The molecule has 4 heteroatoms. The summed E-state index contributed by atoms with van der Waals surface area (Å²) >= 11 is 0. The number of piperazine rings is 1. The number of β-amino-alcohol motifs (C(OH)–C–C–N with tert-alkyl or cyclic N) is 1. The Balaban J connectivity index is 1.48. The van der Waals surface area contributed by atoms with Gasteiger partial charge in [0, 0.05) is 38.6 Å². The number of fused-ring (bicyclic) bond motifs is 1. The fourth-order valence-electron chi connectivity index (χ4n) is 4.24. The van der Waals surface area contributed by atoms with Gasteiger partial charge >= 0.3 is 0 Å². The summed E-state index contributed by atoms with van der Waals surface area (Å²) in [5.41, 5.74) is -0.641. The van der Waals surface area contributed by atoms with Crippen molar-refractivity contribution < 1.29 is 9.90 Å². The Hall–Kier alpha value is -0.610.